The van der Waals surface area contributed by atoms with Crippen molar-refractivity contribution in [1.82, 2.24) is 4.59 Å². The molecular weight excluding hydrogens is 319 g/mol. The number of carbonyl (C=O) groups is 1. The summed E-state index contributed by atoms with van der Waals surface area (Å²) in [7, 11) is 0. The molecule has 1 aliphatic rings. The van der Waals surface area contributed by atoms with Crippen LogP contribution in [0, 0.1) is 5.82 Å². The fourth-order valence-electron chi connectivity index (χ4n) is 2.48. The summed E-state index contributed by atoms with van der Waals surface area (Å²) in [4.78, 5) is 11.3. The highest BCUT2D eigenvalue weighted by Crippen LogP contribution is 2.32. The number of rotatable bonds is 4. The highest BCUT2D eigenvalue weighted by atomic mass is 35.5. The summed E-state index contributed by atoms with van der Waals surface area (Å²) < 4.78 is 12.9. The van der Waals surface area contributed by atoms with Gasteiger partial charge in [0.05, 0.1) is 11.8 Å². The molecule has 6 heteroatoms. The van der Waals surface area contributed by atoms with Crippen LogP contribution in [0.2, 0.25) is 5.02 Å². The zero-order valence-corrected chi connectivity index (χ0v) is 12.7. The van der Waals surface area contributed by atoms with Crippen LogP contribution < -0.4 is 4.59 Å². The van der Waals surface area contributed by atoms with Crippen LogP contribution in [0.1, 0.15) is 5.56 Å². The van der Waals surface area contributed by atoms with Crippen molar-refractivity contribution in [3.8, 4) is 0 Å². The number of halogens is 2. The van der Waals surface area contributed by atoms with Crippen molar-refractivity contribution in [3.63, 3.8) is 0 Å². The van der Waals surface area contributed by atoms with E-state index in [4.69, 9.17) is 11.6 Å². The minimum absolute atomic E-state index is 0.242. The maximum absolute atomic E-state index is 13.2. The molecule has 0 aliphatic carbocycles. The number of carboxylic acids is 1. The van der Waals surface area contributed by atoms with Crippen LogP contribution >= 0.6 is 11.6 Å². The van der Waals surface area contributed by atoms with E-state index >= 15 is 0 Å². The summed E-state index contributed by atoms with van der Waals surface area (Å²) in [6, 6.07) is 12.9. The van der Waals surface area contributed by atoms with Crippen LogP contribution in [0.25, 0.3) is 5.57 Å². The molecule has 116 valence electrons. The molecule has 0 saturated carbocycles. The van der Waals surface area contributed by atoms with Crippen molar-refractivity contribution in [2.75, 3.05) is 6.54 Å². The average Bonchev–Trinajstić information content (AvgIpc) is 2.93. The zero-order valence-electron chi connectivity index (χ0n) is 12.0. The van der Waals surface area contributed by atoms with Crippen LogP contribution in [0.3, 0.4) is 0 Å². The fourth-order valence-corrected chi connectivity index (χ4v) is 2.60. The molecule has 23 heavy (non-hydrogen) atoms. The van der Waals surface area contributed by atoms with E-state index in [2.05, 4.69) is 5.10 Å². The Morgan fingerprint density at radius 3 is 2.39 bits per heavy atom. The van der Waals surface area contributed by atoms with Gasteiger partial charge in [-0.3, -0.25) is 0 Å². The number of hydrogen-bond donors (Lipinski definition) is 1. The minimum atomic E-state index is -1.000. The van der Waals surface area contributed by atoms with Crippen molar-refractivity contribution in [2.24, 2.45) is 5.10 Å². The molecule has 0 fully saturated rings. The van der Waals surface area contributed by atoms with Gasteiger partial charge in [-0.2, -0.15) is 0 Å². The number of allylic oxidation sites excluding steroid dienone is 1. The molecule has 0 amide bonds. The van der Waals surface area contributed by atoms with Crippen molar-refractivity contribution in [1.29, 1.82) is 0 Å². The lowest BCUT2D eigenvalue weighted by Gasteiger charge is -2.23. The van der Waals surface area contributed by atoms with Crippen molar-refractivity contribution < 1.29 is 14.3 Å². The number of nitrogens with zero attached hydrogens (tertiary/aromatic N) is 2. The second-order valence-electron chi connectivity index (χ2n) is 5.19. The fraction of sp³-hybridized carbons (Fsp3) is 0.0588. The predicted molar refractivity (Wildman–Crippen MR) is 88.6 cm³/mol. The smallest absolute Gasteiger partial charge is 0.362 e. The van der Waals surface area contributed by atoms with Crippen LogP contribution in [-0.2, 0) is 4.79 Å². The normalized spacial score (nSPS) is 19.7. The largest absolute Gasteiger partial charge is 0.477 e. The molecule has 0 saturated heterocycles. The van der Waals surface area contributed by atoms with E-state index in [1.165, 1.54) is 24.3 Å². The van der Waals surface area contributed by atoms with Crippen LogP contribution in [-0.4, -0.2) is 23.8 Å². The molecule has 0 aromatic heterocycles. The van der Waals surface area contributed by atoms with E-state index in [1.807, 2.05) is 12.1 Å². The van der Waals surface area contributed by atoms with Crippen LogP contribution in [0.15, 0.2) is 59.8 Å². The van der Waals surface area contributed by atoms with Crippen molar-refractivity contribution >= 4 is 35.0 Å². The summed E-state index contributed by atoms with van der Waals surface area (Å²) in [5.74, 6) is -1.38. The monoisotopic (exact) mass is 331 g/mol. The van der Waals surface area contributed by atoms with Crippen molar-refractivity contribution in [2.45, 2.75) is 0 Å². The minimum Gasteiger partial charge on any atom is -0.477 e. The molecule has 0 radical (unpaired) electrons. The lowest BCUT2D eigenvalue weighted by molar-refractivity contribution is -0.137. The Hall–Kier alpha value is -2.50. The quantitative estimate of drug-likeness (QED) is 0.863. The molecule has 1 N–H and O–H groups in total. The van der Waals surface area contributed by atoms with E-state index in [9.17, 15) is 14.3 Å². The summed E-state index contributed by atoms with van der Waals surface area (Å²) in [5.41, 5.74) is 2.24. The Labute approximate surface area is 137 Å². The summed E-state index contributed by atoms with van der Waals surface area (Å²) in [5, 5.41) is 14.2. The van der Waals surface area contributed by atoms with Crippen molar-refractivity contribution in [3.05, 3.63) is 71.1 Å². The van der Waals surface area contributed by atoms with Gasteiger partial charge >= 0.3 is 5.97 Å². The van der Waals surface area contributed by atoms with E-state index < -0.39 is 5.97 Å². The molecule has 1 aliphatic heterocycles. The van der Waals surface area contributed by atoms with Gasteiger partial charge in [0.2, 0.25) is 6.54 Å². The van der Waals surface area contributed by atoms with Crippen LogP contribution in [0.5, 0.6) is 0 Å². The number of carboxylic acid groups (broad SMARTS) is 1. The van der Waals surface area contributed by atoms with E-state index in [0.29, 0.717) is 10.7 Å². The second kappa shape index (κ2) is 5.95. The predicted octanol–water partition coefficient (Wildman–Crippen LogP) is 3.91. The molecule has 2 aromatic carbocycles. The van der Waals surface area contributed by atoms with Gasteiger partial charge in [0, 0.05) is 17.2 Å². The Morgan fingerprint density at radius 2 is 1.78 bits per heavy atom. The summed E-state index contributed by atoms with van der Waals surface area (Å²) >= 11 is 5.88. The van der Waals surface area contributed by atoms with E-state index in [0.717, 1.165) is 11.1 Å². The third kappa shape index (κ3) is 3.16. The Balaban J connectivity index is 2.04. The molecule has 1 heterocycles. The maximum Gasteiger partial charge on any atom is 0.362 e. The highest BCUT2D eigenvalue weighted by Gasteiger charge is 2.36. The van der Waals surface area contributed by atoms with Gasteiger partial charge in [0.25, 0.3) is 0 Å². The Bertz CT molecular complexity index is 800. The van der Waals surface area contributed by atoms with E-state index in [-0.39, 0.29) is 17.0 Å². The first-order chi connectivity index (χ1) is 11.0. The highest BCUT2D eigenvalue weighted by molar-refractivity contribution is 6.30. The van der Waals surface area contributed by atoms with Gasteiger partial charge in [0.15, 0.2) is 5.69 Å². The summed E-state index contributed by atoms with van der Waals surface area (Å²) in [6.45, 7) is -0.265. The first kappa shape index (κ1) is 15.4. The topological polar surface area (TPSA) is 49.7 Å². The van der Waals surface area contributed by atoms with Gasteiger partial charge < -0.3 is 5.11 Å². The standard InChI is InChI=1S/C17H12ClFN2O2/c18-14-3-1-12(2-4-14)13-9-20-21(10-13,11-17(22)23)16-7-5-15(19)6-8-16/h1-10H,11H2/p+1. The lowest BCUT2D eigenvalue weighted by Crippen LogP contribution is -2.41. The van der Waals surface area contributed by atoms with Gasteiger partial charge in [-0.15, -0.1) is 4.59 Å². The number of benzene rings is 2. The number of quaternary nitrogens is 1. The van der Waals surface area contributed by atoms with Gasteiger partial charge in [-0.05, 0) is 29.8 Å². The SMILES string of the molecule is O=C(O)C[N+]1(c2ccc(F)cc2)C=C(c2ccc(Cl)cc2)C=N1. The summed E-state index contributed by atoms with van der Waals surface area (Å²) in [6.07, 6.45) is 3.36. The molecule has 0 spiro atoms. The average molecular weight is 332 g/mol. The lowest BCUT2D eigenvalue weighted by atomic mass is 10.1. The molecule has 0 bridgehead atoms. The zero-order chi connectivity index (χ0) is 16.4. The number of hydrogen-bond acceptors (Lipinski definition) is 2. The van der Waals surface area contributed by atoms with Crippen LogP contribution in [0.4, 0.5) is 10.1 Å². The first-order valence-corrected chi connectivity index (χ1v) is 7.26. The molecule has 2 aromatic rings. The van der Waals surface area contributed by atoms with Gasteiger partial charge in [-0.1, -0.05) is 28.8 Å². The Morgan fingerprint density at radius 1 is 1.13 bits per heavy atom. The third-order valence-electron chi connectivity index (χ3n) is 3.58. The Kier molecular flexibility index (Phi) is 3.98. The van der Waals surface area contributed by atoms with Gasteiger partial charge in [-0.25, -0.2) is 9.18 Å². The van der Waals surface area contributed by atoms with E-state index in [1.54, 1.807) is 24.5 Å². The molecule has 1 atom stereocenters. The van der Waals surface area contributed by atoms with Gasteiger partial charge in [0.1, 0.15) is 12.0 Å². The maximum atomic E-state index is 13.2. The first-order valence-electron chi connectivity index (χ1n) is 6.89. The number of aliphatic carboxylic acids is 1. The third-order valence-corrected chi connectivity index (χ3v) is 3.84. The molecule has 3 rings (SSSR count). The molecular formula is C17H13ClFN2O2+. The molecule has 1 unspecified atom stereocenters. The molecule has 4 nitrogen and oxygen atoms in total. The second-order valence-corrected chi connectivity index (χ2v) is 5.63.